The first-order chi connectivity index (χ1) is 14.7. The summed E-state index contributed by atoms with van der Waals surface area (Å²) in [5, 5.41) is 3.33. The van der Waals surface area contributed by atoms with Gasteiger partial charge in [-0.3, -0.25) is 9.79 Å². The molecule has 4 rings (SSSR count). The predicted octanol–water partition coefficient (Wildman–Crippen LogP) is 1.86. The van der Waals surface area contributed by atoms with Crippen LogP contribution in [0.2, 0.25) is 0 Å². The van der Waals surface area contributed by atoms with Gasteiger partial charge in [-0.2, -0.15) is 0 Å². The van der Waals surface area contributed by atoms with Crippen molar-refractivity contribution >= 4 is 11.9 Å². The molecule has 0 aliphatic carbocycles. The second-order valence-corrected chi connectivity index (χ2v) is 7.14. The number of ether oxygens (including phenoxy) is 2. The van der Waals surface area contributed by atoms with Crippen LogP contribution in [0.3, 0.4) is 0 Å². The van der Waals surface area contributed by atoms with Crippen LogP contribution >= 0.6 is 0 Å². The van der Waals surface area contributed by atoms with Crippen LogP contribution in [0.1, 0.15) is 21.7 Å². The van der Waals surface area contributed by atoms with Gasteiger partial charge in [0, 0.05) is 45.3 Å². The number of guanidine groups is 1. The van der Waals surface area contributed by atoms with Crippen molar-refractivity contribution in [3.63, 3.8) is 0 Å². The Hall–Kier alpha value is -3.07. The highest BCUT2D eigenvalue weighted by atomic mass is 19.1. The Labute approximate surface area is 174 Å². The summed E-state index contributed by atoms with van der Waals surface area (Å²) in [6.07, 6.45) is 2.10. The van der Waals surface area contributed by atoms with Crippen LogP contribution in [0.25, 0.3) is 0 Å². The average molecular weight is 416 g/mol. The summed E-state index contributed by atoms with van der Waals surface area (Å²) >= 11 is 0. The number of benzene rings is 1. The highest BCUT2D eigenvalue weighted by Gasteiger charge is 2.25. The molecular formula is C21H25FN4O4. The molecule has 0 radical (unpaired) electrons. The number of aliphatic imine (C=N–C) groups is 1. The molecule has 2 aliphatic heterocycles. The highest BCUT2D eigenvalue weighted by molar-refractivity contribution is 5.91. The maximum Gasteiger partial charge on any atom is 0.289 e. The number of nitrogens with one attached hydrogen (secondary N) is 1. The Kier molecular flexibility index (Phi) is 6.18. The molecule has 0 bridgehead atoms. The van der Waals surface area contributed by atoms with Crippen LogP contribution in [0.4, 0.5) is 4.39 Å². The maximum atomic E-state index is 13.9. The van der Waals surface area contributed by atoms with E-state index in [1.165, 1.54) is 18.4 Å². The first-order valence-corrected chi connectivity index (χ1v) is 9.96. The molecule has 1 saturated heterocycles. The molecule has 3 heterocycles. The molecule has 1 aromatic carbocycles. The fraction of sp³-hybridized carbons (Fsp3) is 0.429. The lowest BCUT2D eigenvalue weighted by Gasteiger charge is -2.36. The number of carbonyl (C=O) groups excluding carboxylic acids is 1. The van der Waals surface area contributed by atoms with Crippen LogP contribution in [0.5, 0.6) is 5.75 Å². The molecule has 1 fully saturated rings. The Morgan fingerprint density at radius 2 is 2.03 bits per heavy atom. The minimum Gasteiger partial charge on any atom is -0.467 e. The Bertz CT molecular complexity index is 908. The summed E-state index contributed by atoms with van der Waals surface area (Å²) in [5.41, 5.74) is 1.54. The van der Waals surface area contributed by atoms with Crippen LogP contribution in [-0.4, -0.2) is 68.2 Å². The third-order valence-corrected chi connectivity index (χ3v) is 5.24. The number of halogens is 1. The number of piperazine rings is 1. The summed E-state index contributed by atoms with van der Waals surface area (Å²) in [5.74, 6) is 1.44. The molecule has 0 saturated carbocycles. The van der Waals surface area contributed by atoms with Crippen molar-refractivity contribution in [2.45, 2.75) is 13.0 Å². The van der Waals surface area contributed by atoms with E-state index in [4.69, 9.17) is 13.9 Å². The zero-order valence-corrected chi connectivity index (χ0v) is 16.9. The Balaban J connectivity index is 1.30. The van der Waals surface area contributed by atoms with E-state index in [0.717, 1.165) is 17.1 Å². The van der Waals surface area contributed by atoms with E-state index in [0.29, 0.717) is 57.3 Å². The molecule has 8 nitrogen and oxygen atoms in total. The third kappa shape index (κ3) is 4.40. The standard InChI is InChI=1S/C21H25FN4O4/c1-23-21(26-8-6-25(7-9-26)20(27)18-3-2-10-29-18)24-5-4-15-11-17(22)12-16-13-28-14-30-19(15)16/h2-3,10-12H,4-9,13-14H2,1H3,(H,23,24). The maximum absolute atomic E-state index is 13.9. The lowest BCUT2D eigenvalue weighted by molar-refractivity contribution is -0.0172. The van der Waals surface area contributed by atoms with Gasteiger partial charge in [-0.15, -0.1) is 0 Å². The number of rotatable bonds is 4. The van der Waals surface area contributed by atoms with Crippen LogP contribution in [0.15, 0.2) is 39.9 Å². The first kappa shape index (κ1) is 20.2. The molecule has 0 spiro atoms. The van der Waals surface area contributed by atoms with Gasteiger partial charge in [-0.25, -0.2) is 4.39 Å². The van der Waals surface area contributed by atoms with Gasteiger partial charge >= 0.3 is 0 Å². The minimum absolute atomic E-state index is 0.0950. The van der Waals surface area contributed by atoms with Crippen molar-refractivity contribution in [3.05, 3.63) is 53.2 Å². The van der Waals surface area contributed by atoms with Gasteiger partial charge < -0.3 is 29.0 Å². The van der Waals surface area contributed by atoms with E-state index in [1.54, 1.807) is 24.1 Å². The number of fused-ring (bicyclic) bond motifs is 1. The molecule has 1 amide bonds. The molecule has 160 valence electrons. The van der Waals surface area contributed by atoms with Gasteiger partial charge in [0.1, 0.15) is 11.6 Å². The zero-order valence-electron chi connectivity index (χ0n) is 16.9. The number of hydrogen-bond donors (Lipinski definition) is 1. The number of carbonyl (C=O) groups is 1. The van der Waals surface area contributed by atoms with E-state index < -0.39 is 0 Å². The number of nitrogens with zero attached hydrogens (tertiary/aromatic N) is 3. The summed E-state index contributed by atoms with van der Waals surface area (Å²) in [6.45, 7) is 3.64. The van der Waals surface area contributed by atoms with E-state index in [2.05, 4.69) is 15.2 Å². The molecule has 0 atom stereocenters. The monoisotopic (exact) mass is 416 g/mol. The zero-order chi connectivity index (χ0) is 20.9. The third-order valence-electron chi connectivity index (χ3n) is 5.24. The fourth-order valence-electron chi connectivity index (χ4n) is 3.76. The van der Waals surface area contributed by atoms with Crippen molar-refractivity contribution < 1.29 is 23.1 Å². The summed E-state index contributed by atoms with van der Waals surface area (Å²) in [6, 6.07) is 6.35. The minimum atomic E-state index is -0.292. The average Bonchev–Trinajstić information content (AvgIpc) is 3.31. The predicted molar refractivity (Wildman–Crippen MR) is 108 cm³/mol. The number of furan rings is 1. The lowest BCUT2D eigenvalue weighted by Crippen LogP contribution is -2.54. The molecule has 0 unspecified atom stereocenters. The number of amides is 1. The normalized spacial score (nSPS) is 16.8. The van der Waals surface area contributed by atoms with Crippen molar-refractivity contribution in [1.29, 1.82) is 0 Å². The van der Waals surface area contributed by atoms with Crippen molar-refractivity contribution in [2.75, 3.05) is 46.6 Å². The fourth-order valence-corrected chi connectivity index (χ4v) is 3.76. The molecule has 1 aromatic heterocycles. The molecule has 2 aliphatic rings. The molecule has 30 heavy (non-hydrogen) atoms. The Morgan fingerprint density at radius 3 is 2.77 bits per heavy atom. The molecular weight excluding hydrogens is 391 g/mol. The van der Waals surface area contributed by atoms with Gasteiger partial charge in [0.15, 0.2) is 18.5 Å². The van der Waals surface area contributed by atoms with Crippen LogP contribution < -0.4 is 10.1 Å². The SMILES string of the molecule is CN=C(NCCc1cc(F)cc2c1OCOC2)N1CCN(C(=O)c2ccco2)CC1. The van der Waals surface area contributed by atoms with E-state index in [-0.39, 0.29) is 18.5 Å². The summed E-state index contributed by atoms with van der Waals surface area (Å²) < 4.78 is 29.9. The first-order valence-electron chi connectivity index (χ1n) is 9.96. The number of hydrogen-bond acceptors (Lipinski definition) is 5. The summed E-state index contributed by atoms with van der Waals surface area (Å²) in [4.78, 5) is 20.6. The second kappa shape index (κ2) is 9.17. The van der Waals surface area contributed by atoms with Crippen LogP contribution in [-0.2, 0) is 17.8 Å². The van der Waals surface area contributed by atoms with Crippen molar-refractivity contribution in [3.8, 4) is 5.75 Å². The van der Waals surface area contributed by atoms with Gasteiger partial charge in [0.25, 0.3) is 5.91 Å². The largest absolute Gasteiger partial charge is 0.467 e. The van der Waals surface area contributed by atoms with Crippen LogP contribution in [0, 0.1) is 5.82 Å². The molecule has 2 aromatic rings. The second-order valence-electron chi connectivity index (χ2n) is 7.14. The Morgan fingerprint density at radius 1 is 1.23 bits per heavy atom. The van der Waals surface area contributed by atoms with E-state index in [9.17, 15) is 9.18 Å². The van der Waals surface area contributed by atoms with E-state index >= 15 is 0 Å². The van der Waals surface area contributed by atoms with Crippen molar-refractivity contribution in [1.82, 2.24) is 15.1 Å². The highest BCUT2D eigenvalue weighted by Crippen LogP contribution is 2.29. The van der Waals surface area contributed by atoms with Gasteiger partial charge in [0.2, 0.25) is 0 Å². The molecule has 1 N–H and O–H groups in total. The molecule has 9 heteroatoms. The smallest absolute Gasteiger partial charge is 0.289 e. The lowest BCUT2D eigenvalue weighted by atomic mass is 10.1. The van der Waals surface area contributed by atoms with Gasteiger partial charge in [0.05, 0.1) is 12.9 Å². The van der Waals surface area contributed by atoms with Crippen molar-refractivity contribution in [2.24, 2.45) is 4.99 Å². The van der Waals surface area contributed by atoms with Gasteiger partial charge in [-0.1, -0.05) is 0 Å². The topological polar surface area (TPSA) is 79.5 Å². The van der Waals surface area contributed by atoms with E-state index in [1.807, 2.05) is 0 Å². The van der Waals surface area contributed by atoms with Gasteiger partial charge in [-0.05, 0) is 36.2 Å². The summed E-state index contributed by atoms with van der Waals surface area (Å²) in [7, 11) is 1.73. The quantitative estimate of drug-likeness (QED) is 0.606.